The minimum absolute atomic E-state index is 0.158. The van der Waals surface area contributed by atoms with Gasteiger partial charge >= 0.3 is 0 Å². The summed E-state index contributed by atoms with van der Waals surface area (Å²) in [6.45, 7) is 2.94. The van der Waals surface area contributed by atoms with E-state index >= 15 is 0 Å². The average molecular weight is 257 g/mol. The fraction of sp³-hybridized carbons (Fsp3) is 0.455. The van der Waals surface area contributed by atoms with E-state index in [4.69, 9.17) is 9.47 Å². The van der Waals surface area contributed by atoms with Crippen LogP contribution in [0.15, 0.2) is 22.7 Å². The molecule has 0 aliphatic carbocycles. The quantitative estimate of drug-likeness (QED) is 0.810. The van der Waals surface area contributed by atoms with Gasteiger partial charge < -0.3 is 9.47 Å². The van der Waals surface area contributed by atoms with Crippen molar-refractivity contribution in [1.29, 1.82) is 0 Å². The van der Waals surface area contributed by atoms with Crippen LogP contribution in [0.5, 0.6) is 5.75 Å². The van der Waals surface area contributed by atoms with Gasteiger partial charge in [-0.05, 0) is 25.1 Å². The van der Waals surface area contributed by atoms with Gasteiger partial charge in [-0.1, -0.05) is 15.9 Å². The minimum atomic E-state index is -0.158. The maximum atomic E-state index is 5.60. The van der Waals surface area contributed by atoms with E-state index in [9.17, 15) is 0 Å². The normalized spacial score (nSPS) is 25.6. The molecule has 1 heterocycles. The number of hydrogen-bond donors (Lipinski definition) is 0. The van der Waals surface area contributed by atoms with Crippen LogP contribution in [0, 0.1) is 0 Å². The Morgan fingerprint density at radius 3 is 2.71 bits per heavy atom. The fourth-order valence-electron chi connectivity index (χ4n) is 1.71. The molecule has 3 heteroatoms. The monoisotopic (exact) mass is 256 g/mol. The lowest BCUT2D eigenvalue weighted by Crippen LogP contribution is -2.37. The van der Waals surface area contributed by atoms with Crippen molar-refractivity contribution in [2.24, 2.45) is 0 Å². The molecule has 0 radical (unpaired) electrons. The summed E-state index contributed by atoms with van der Waals surface area (Å²) in [5, 5.41) is 0. The Kier molecular flexibility index (Phi) is 2.54. The summed E-state index contributed by atoms with van der Waals surface area (Å²) in [6, 6.07) is 6.01. The van der Waals surface area contributed by atoms with Crippen LogP contribution in [0.25, 0.3) is 0 Å². The van der Waals surface area contributed by atoms with Gasteiger partial charge in [0, 0.05) is 16.5 Å². The summed E-state index contributed by atoms with van der Waals surface area (Å²) in [5.74, 6) is 0.899. The molecule has 1 aromatic rings. The second-order valence-corrected chi connectivity index (χ2v) is 4.59. The number of ether oxygens (including phenoxy) is 2. The molecular formula is C11H13BrO2. The van der Waals surface area contributed by atoms with E-state index in [0.717, 1.165) is 28.8 Å². The minimum Gasteiger partial charge on any atom is -0.496 e. The van der Waals surface area contributed by atoms with Gasteiger partial charge in [-0.3, -0.25) is 0 Å². The Bertz CT molecular complexity index is 345. The zero-order chi connectivity index (χ0) is 10.2. The third-order valence-corrected chi connectivity index (χ3v) is 3.22. The first kappa shape index (κ1) is 9.99. The van der Waals surface area contributed by atoms with Crippen molar-refractivity contribution in [3.63, 3.8) is 0 Å². The molecule has 2 nitrogen and oxygen atoms in total. The Morgan fingerprint density at radius 2 is 2.21 bits per heavy atom. The van der Waals surface area contributed by atoms with Crippen molar-refractivity contribution in [1.82, 2.24) is 0 Å². The maximum Gasteiger partial charge on any atom is 0.125 e. The third-order valence-electron chi connectivity index (χ3n) is 2.73. The molecule has 1 saturated heterocycles. The van der Waals surface area contributed by atoms with Crippen LogP contribution in [-0.4, -0.2) is 13.7 Å². The van der Waals surface area contributed by atoms with Crippen molar-refractivity contribution in [3.8, 4) is 5.75 Å². The second-order valence-electron chi connectivity index (χ2n) is 3.67. The highest BCUT2D eigenvalue weighted by molar-refractivity contribution is 9.10. The van der Waals surface area contributed by atoms with E-state index in [2.05, 4.69) is 28.9 Å². The highest BCUT2D eigenvalue weighted by atomic mass is 79.9. The van der Waals surface area contributed by atoms with E-state index in [1.54, 1.807) is 7.11 Å². The molecule has 14 heavy (non-hydrogen) atoms. The first-order chi connectivity index (χ1) is 6.65. The summed E-state index contributed by atoms with van der Waals surface area (Å²) >= 11 is 3.46. The number of benzene rings is 1. The molecule has 1 fully saturated rings. The molecule has 2 rings (SSSR count). The van der Waals surface area contributed by atoms with Crippen molar-refractivity contribution in [2.45, 2.75) is 18.9 Å². The molecule has 0 spiro atoms. The fourth-order valence-corrected chi connectivity index (χ4v) is 2.08. The van der Waals surface area contributed by atoms with Gasteiger partial charge in [-0.25, -0.2) is 0 Å². The molecule has 1 aliphatic rings. The second kappa shape index (κ2) is 3.55. The van der Waals surface area contributed by atoms with Crippen molar-refractivity contribution in [3.05, 3.63) is 28.2 Å². The SMILES string of the molecule is COc1ccc(Br)cc1C1(C)CCO1. The van der Waals surface area contributed by atoms with Crippen LogP contribution in [0.2, 0.25) is 0 Å². The average Bonchev–Trinajstić information content (AvgIpc) is 2.14. The van der Waals surface area contributed by atoms with Gasteiger partial charge in [-0.2, -0.15) is 0 Å². The Morgan fingerprint density at radius 1 is 1.50 bits per heavy atom. The largest absolute Gasteiger partial charge is 0.496 e. The van der Waals surface area contributed by atoms with E-state index in [0.29, 0.717) is 0 Å². The van der Waals surface area contributed by atoms with Gasteiger partial charge in [0.25, 0.3) is 0 Å². The van der Waals surface area contributed by atoms with Crippen LogP contribution in [0.1, 0.15) is 18.9 Å². The van der Waals surface area contributed by atoms with E-state index in [-0.39, 0.29) is 5.60 Å². The molecule has 1 aliphatic heterocycles. The van der Waals surface area contributed by atoms with Gasteiger partial charge in [0.05, 0.1) is 19.3 Å². The van der Waals surface area contributed by atoms with Crippen LogP contribution in [0.3, 0.4) is 0 Å². The molecule has 1 aromatic carbocycles. The molecule has 1 atom stereocenters. The molecular weight excluding hydrogens is 244 g/mol. The molecule has 0 amide bonds. The van der Waals surface area contributed by atoms with Crippen LogP contribution < -0.4 is 4.74 Å². The topological polar surface area (TPSA) is 18.5 Å². The summed E-state index contributed by atoms with van der Waals surface area (Å²) < 4.78 is 12.0. The van der Waals surface area contributed by atoms with Gasteiger partial charge in [0.15, 0.2) is 0 Å². The van der Waals surface area contributed by atoms with Crippen molar-refractivity contribution in [2.75, 3.05) is 13.7 Å². The Balaban J connectivity index is 2.43. The van der Waals surface area contributed by atoms with Gasteiger partial charge in [0.1, 0.15) is 5.75 Å². The molecule has 0 aromatic heterocycles. The van der Waals surface area contributed by atoms with Crippen LogP contribution >= 0.6 is 15.9 Å². The number of methoxy groups -OCH3 is 1. The lowest BCUT2D eigenvalue weighted by molar-refractivity contribution is -0.141. The maximum absolute atomic E-state index is 5.60. The predicted octanol–water partition coefficient (Wildman–Crippen LogP) is 3.09. The number of hydrogen-bond acceptors (Lipinski definition) is 2. The van der Waals surface area contributed by atoms with Crippen molar-refractivity contribution < 1.29 is 9.47 Å². The molecule has 76 valence electrons. The van der Waals surface area contributed by atoms with E-state index in [1.807, 2.05) is 12.1 Å². The lowest BCUT2D eigenvalue weighted by atomic mass is 9.88. The summed E-state index contributed by atoms with van der Waals surface area (Å²) in [4.78, 5) is 0. The zero-order valence-electron chi connectivity index (χ0n) is 8.34. The summed E-state index contributed by atoms with van der Waals surface area (Å²) in [7, 11) is 1.69. The van der Waals surface area contributed by atoms with E-state index < -0.39 is 0 Å². The highest BCUT2D eigenvalue weighted by Crippen LogP contribution is 2.42. The predicted molar refractivity (Wildman–Crippen MR) is 58.6 cm³/mol. The summed E-state index contributed by atoms with van der Waals surface area (Å²) in [5.41, 5.74) is 0.968. The van der Waals surface area contributed by atoms with Gasteiger partial charge in [0.2, 0.25) is 0 Å². The summed E-state index contributed by atoms with van der Waals surface area (Å²) in [6.07, 6.45) is 1.06. The third kappa shape index (κ3) is 1.55. The lowest BCUT2D eigenvalue weighted by Gasteiger charge is -2.39. The smallest absolute Gasteiger partial charge is 0.125 e. The van der Waals surface area contributed by atoms with Crippen molar-refractivity contribution >= 4 is 15.9 Å². The van der Waals surface area contributed by atoms with Crippen LogP contribution in [-0.2, 0) is 10.3 Å². The molecule has 0 bridgehead atoms. The van der Waals surface area contributed by atoms with Gasteiger partial charge in [-0.15, -0.1) is 0 Å². The molecule has 0 N–H and O–H groups in total. The Hall–Kier alpha value is -0.540. The molecule has 0 saturated carbocycles. The molecule has 1 unspecified atom stereocenters. The standard InChI is InChI=1S/C11H13BrO2/c1-11(5-6-14-11)9-7-8(12)3-4-10(9)13-2/h3-4,7H,5-6H2,1-2H3. The highest BCUT2D eigenvalue weighted by Gasteiger charge is 2.37. The van der Waals surface area contributed by atoms with Crippen LogP contribution in [0.4, 0.5) is 0 Å². The Labute approximate surface area is 92.3 Å². The van der Waals surface area contributed by atoms with E-state index in [1.165, 1.54) is 0 Å². The first-order valence-electron chi connectivity index (χ1n) is 4.64. The first-order valence-corrected chi connectivity index (χ1v) is 5.43. The zero-order valence-corrected chi connectivity index (χ0v) is 9.93. The number of halogens is 1. The number of rotatable bonds is 2.